The van der Waals surface area contributed by atoms with Crippen molar-refractivity contribution >= 4 is 41.0 Å². The number of fused-ring (bicyclic) bond motifs is 1. The number of carbonyl (C=O) groups excluding carboxylic acids is 2. The minimum Gasteiger partial charge on any atom is -0.465 e. The summed E-state index contributed by atoms with van der Waals surface area (Å²) in [6, 6.07) is 15.4. The molecule has 0 radical (unpaired) electrons. The summed E-state index contributed by atoms with van der Waals surface area (Å²) in [4.78, 5) is 43.7. The molecule has 5 rings (SSSR count). The Morgan fingerprint density at radius 2 is 1.85 bits per heavy atom. The summed E-state index contributed by atoms with van der Waals surface area (Å²) in [7, 11) is 1.29. The second-order valence-electron chi connectivity index (χ2n) is 9.10. The molecule has 2 aromatic carbocycles. The zero-order chi connectivity index (χ0) is 28.6. The van der Waals surface area contributed by atoms with Gasteiger partial charge in [-0.1, -0.05) is 58.8 Å². The number of hydrogen-bond acceptors (Lipinski definition) is 8. The zero-order valence-corrected chi connectivity index (χ0v) is 23.8. The number of aromatic nitrogens is 1. The Kier molecular flexibility index (Phi) is 7.60. The summed E-state index contributed by atoms with van der Waals surface area (Å²) in [6.45, 7) is 5.67. The quantitative estimate of drug-likeness (QED) is 0.306. The molecule has 8 nitrogen and oxygen atoms in total. The molecule has 10 heteroatoms. The van der Waals surface area contributed by atoms with Crippen molar-refractivity contribution in [3.8, 4) is 11.3 Å². The molecule has 0 saturated carbocycles. The SMILES string of the molecule is CCOC(=O)C1=C(C)N=c2s/c(=C\c3ccc(-c4ccc(C(=O)OC)c(Cl)c4)o3)c(=O)n2[C@@H]1c1ccc(C)cc1. The van der Waals surface area contributed by atoms with Gasteiger partial charge in [-0.3, -0.25) is 9.36 Å². The van der Waals surface area contributed by atoms with E-state index in [9.17, 15) is 14.4 Å². The number of benzene rings is 2. The molecule has 1 atom stereocenters. The van der Waals surface area contributed by atoms with Gasteiger partial charge in [-0.15, -0.1) is 0 Å². The molecule has 0 bridgehead atoms. The standard InChI is InChI=1S/C30H25ClN2O6S/c1-5-38-29(36)25-17(3)32-30-33(26(25)18-8-6-16(2)7-9-18)27(34)24(40-30)15-20-11-13-23(39-20)19-10-12-21(22(31)14-19)28(35)37-4/h6-15,26H,5H2,1-4H3/b24-15-/t26-/m1/s1. The highest BCUT2D eigenvalue weighted by Gasteiger charge is 2.33. The molecule has 1 aliphatic heterocycles. The van der Waals surface area contributed by atoms with Gasteiger partial charge < -0.3 is 13.9 Å². The molecule has 0 fully saturated rings. The highest BCUT2D eigenvalue weighted by Crippen LogP contribution is 2.31. The third-order valence-electron chi connectivity index (χ3n) is 6.47. The van der Waals surface area contributed by atoms with Crippen LogP contribution in [0.2, 0.25) is 5.02 Å². The summed E-state index contributed by atoms with van der Waals surface area (Å²) in [5.74, 6) is -0.0783. The van der Waals surface area contributed by atoms with Crippen molar-refractivity contribution in [3.63, 3.8) is 0 Å². The third kappa shape index (κ3) is 5.05. The number of halogens is 1. The van der Waals surface area contributed by atoms with Gasteiger partial charge in [0.1, 0.15) is 11.5 Å². The first-order valence-corrected chi connectivity index (χ1v) is 13.7. The maximum absolute atomic E-state index is 13.8. The monoisotopic (exact) mass is 576 g/mol. The molecule has 3 heterocycles. The van der Waals surface area contributed by atoms with E-state index in [1.165, 1.54) is 23.0 Å². The van der Waals surface area contributed by atoms with E-state index >= 15 is 0 Å². The zero-order valence-electron chi connectivity index (χ0n) is 22.2. The average Bonchev–Trinajstić information content (AvgIpc) is 3.52. The van der Waals surface area contributed by atoms with Crippen LogP contribution in [0.5, 0.6) is 0 Å². The topological polar surface area (TPSA) is 100 Å². The molecule has 40 heavy (non-hydrogen) atoms. The maximum atomic E-state index is 13.8. The molecule has 0 unspecified atom stereocenters. The fourth-order valence-corrected chi connectivity index (χ4v) is 5.80. The molecule has 4 aromatic rings. The fraction of sp³-hybridized carbons (Fsp3) is 0.200. The number of allylic oxidation sites excluding steroid dienone is 1. The van der Waals surface area contributed by atoms with Crippen LogP contribution in [0.4, 0.5) is 0 Å². The predicted octanol–water partition coefficient (Wildman–Crippen LogP) is 4.81. The van der Waals surface area contributed by atoms with Gasteiger partial charge in [0.05, 0.1) is 46.1 Å². The van der Waals surface area contributed by atoms with Crippen molar-refractivity contribution in [2.45, 2.75) is 26.8 Å². The molecule has 204 valence electrons. The van der Waals surface area contributed by atoms with Crippen molar-refractivity contribution in [1.29, 1.82) is 0 Å². The Bertz CT molecular complexity index is 1850. The number of esters is 2. The van der Waals surface area contributed by atoms with Gasteiger partial charge in [0, 0.05) is 11.6 Å². The first-order valence-electron chi connectivity index (χ1n) is 12.5. The lowest BCUT2D eigenvalue weighted by Gasteiger charge is -2.24. The van der Waals surface area contributed by atoms with Gasteiger partial charge in [0.15, 0.2) is 4.80 Å². The molecule has 1 aliphatic rings. The number of carbonyl (C=O) groups is 2. The lowest BCUT2D eigenvalue weighted by atomic mass is 9.95. The predicted molar refractivity (Wildman–Crippen MR) is 152 cm³/mol. The van der Waals surface area contributed by atoms with Gasteiger partial charge in [0.25, 0.3) is 5.56 Å². The van der Waals surface area contributed by atoms with Gasteiger partial charge in [-0.2, -0.15) is 0 Å². The van der Waals surface area contributed by atoms with Crippen molar-refractivity contribution in [1.82, 2.24) is 4.57 Å². The van der Waals surface area contributed by atoms with E-state index in [1.807, 2.05) is 31.2 Å². The average molecular weight is 577 g/mol. The van der Waals surface area contributed by atoms with Crippen LogP contribution in [0.25, 0.3) is 17.4 Å². The van der Waals surface area contributed by atoms with Gasteiger partial charge in [-0.05, 0) is 50.6 Å². The van der Waals surface area contributed by atoms with E-state index < -0.39 is 18.0 Å². The largest absolute Gasteiger partial charge is 0.465 e. The Hall–Kier alpha value is -4.21. The van der Waals surface area contributed by atoms with Crippen LogP contribution in [0.1, 0.15) is 47.1 Å². The van der Waals surface area contributed by atoms with Gasteiger partial charge in [0.2, 0.25) is 0 Å². The van der Waals surface area contributed by atoms with E-state index in [0.717, 1.165) is 11.1 Å². The molecular weight excluding hydrogens is 552 g/mol. The van der Waals surface area contributed by atoms with Crippen LogP contribution in [-0.4, -0.2) is 30.2 Å². The van der Waals surface area contributed by atoms with Crippen molar-refractivity contribution in [3.05, 3.63) is 113 Å². The number of rotatable bonds is 6. The number of methoxy groups -OCH3 is 1. The molecule has 0 aliphatic carbocycles. The molecule has 0 N–H and O–H groups in total. The molecular formula is C30H25ClN2O6S. The Balaban J connectivity index is 1.58. The lowest BCUT2D eigenvalue weighted by Crippen LogP contribution is -2.39. The number of ether oxygens (including phenoxy) is 2. The maximum Gasteiger partial charge on any atom is 0.339 e. The summed E-state index contributed by atoms with van der Waals surface area (Å²) in [5, 5.41) is 0.236. The van der Waals surface area contributed by atoms with Crippen molar-refractivity contribution in [2.75, 3.05) is 13.7 Å². The molecule has 0 saturated heterocycles. The van der Waals surface area contributed by atoms with Gasteiger partial charge >= 0.3 is 11.9 Å². The van der Waals surface area contributed by atoms with Crippen LogP contribution in [0, 0.1) is 6.92 Å². The van der Waals surface area contributed by atoms with Gasteiger partial charge in [-0.25, -0.2) is 14.6 Å². The van der Waals surface area contributed by atoms with Crippen molar-refractivity contribution in [2.24, 2.45) is 4.99 Å². The minimum absolute atomic E-state index is 0.206. The second kappa shape index (κ2) is 11.1. The first kappa shape index (κ1) is 27.4. The van der Waals surface area contributed by atoms with E-state index in [0.29, 0.717) is 37.7 Å². The fourth-order valence-electron chi connectivity index (χ4n) is 4.51. The molecule has 2 aromatic heterocycles. The van der Waals surface area contributed by atoms with Crippen LogP contribution in [0.15, 0.2) is 80.1 Å². The number of furan rings is 1. The molecule has 0 spiro atoms. The van der Waals surface area contributed by atoms with Crippen LogP contribution < -0.4 is 14.9 Å². The number of aryl methyl sites for hydroxylation is 1. The smallest absolute Gasteiger partial charge is 0.339 e. The van der Waals surface area contributed by atoms with E-state index in [2.05, 4.69) is 4.99 Å². The third-order valence-corrected chi connectivity index (χ3v) is 7.76. The normalized spacial score (nSPS) is 15.0. The Morgan fingerprint density at radius 3 is 2.52 bits per heavy atom. The molecule has 0 amide bonds. The number of nitrogens with zero attached hydrogens (tertiary/aromatic N) is 2. The van der Waals surface area contributed by atoms with Crippen LogP contribution >= 0.6 is 22.9 Å². The minimum atomic E-state index is -0.680. The summed E-state index contributed by atoms with van der Waals surface area (Å²) >= 11 is 7.48. The van der Waals surface area contributed by atoms with E-state index in [4.69, 9.17) is 25.5 Å². The van der Waals surface area contributed by atoms with E-state index in [1.54, 1.807) is 50.3 Å². The Labute approximate surface area is 238 Å². The first-order chi connectivity index (χ1) is 19.2. The highest BCUT2D eigenvalue weighted by atomic mass is 35.5. The van der Waals surface area contributed by atoms with Crippen LogP contribution in [0.3, 0.4) is 0 Å². The lowest BCUT2D eigenvalue weighted by molar-refractivity contribution is -0.139. The van der Waals surface area contributed by atoms with Crippen LogP contribution in [-0.2, 0) is 14.3 Å². The summed E-state index contributed by atoms with van der Waals surface area (Å²) < 4.78 is 18.0. The van der Waals surface area contributed by atoms with Crippen molar-refractivity contribution < 1.29 is 23.5 Å². The summed E-state index contributed by atoms with van der Waals surface area (Å²) in [5.41, 5.74) is 3.29. The number of thiazole rings is 1. The Morgan fingerprint density at radius 1 is 1.10 bits per heavy atom. The second-order valence-corrected chi connectivity index (χ2v) is 10.5. The number of hydrogen-bond donors (Lipinski definition) is 0. The summed E-state index contributed by atoms with van der Waals surface area (Å²) in [6.07, 6.45) is 1.65. The van der Waals surface area contributed by atoms with E-state index in [-0.39, 0.29) is 22.8 Å². The highest BCUT2D eigenvalue weighted by molar-refractivity contribution is 7.07.